The molecule has 0 N–H and O–H groups in total. The first-order valence-electron chi connectivity index (χ1n) is 5.56. The van der Waals surface area contributed by atoms with Crippen LogP contribution in [0.1, 0.15) is 24.0 Å². The van der Waals surface area contributed by atoms with E-state index >= 15 is 0 Å². The lowest BCUT2D eigenvalue weighted by molar-refractivity contribution is -0.385. The predicted molar refractivity (Wildman–Crippen MR) is 79.0 cm³/mol. The number of hydrogen-bond acceptors (Lipinski definition) is 3. The molecule has 1 rings (SSSR count). The molecule has 0 heterocycles. The van der Waals surface area contributed by atoms with Crippen molar-refractivity contribution in [1.82, 2.24) is 0 Å². The maximum atomic E-state index is 10.9. The molecule has 4 nitrogen and oxygen atoms in total. The molecule has 0 amide bonds. The summed E-state index contributed by atoms with van der Waals surface area (Å²) in [6.45, 7) is 1.77. The third-order valence-corrected chi connectivity index (χ3v) is 3.71. The third kappa shape index (κ3) is 3.95. The van der Waals surface area contributed by atoms with Crippen LogP contribution in [-0.4, -0.2) is 15.8 Å². The fourth-order valence-electron chi connectivity index (χ4n) is 1.85. The highest BCUT2D eigenvalue weighted by Crippen LogP contribution is 2.31. The van der Waals surface area contributed by atoms with Crippen LogP contribution in [0.4, 0.5) is 5.69 Å². The zero-order valence-electron chi connectivity index (χ0n) is 10.3. The van der Waals surface area contributed by atoms with E-state index in [9.17, 15) is 10.1 Å². The minimum Gasteiger partial charge on any atom is -0.496 e. The molecule has 0 fully saturated rings. The Bertz CT molecular complexity index is 436. The van der Waals surface area contributed by atoms with Gasteiger partial charge in [-0.1, -0.05) is 31.9 Å². The zero-order valence-corrected chi connectivity index (χ0v) is 13.5. The number of rotatable bonds is 6. The van der Waals surface area contributed by atoms with Crippen molar-refractivity contribution in [2.24, 2.45) is 0 Å². The van der Waals surface area contributed by atoms with Crippen molar-refractivity contribution < 1.29 is 9.66 Å². The molecule has 0 aliphatic rings. The SMILES string of the molecule is COc1ccc([N+](=O)[O-])c(C)c1CCCC(Br)Br. The van der Waals surface area contributed by atoms with Gasteiger partial charge in [0.05, 0.1) is 15.8 Å². The number of methoxy groups -OCH3 is 1. The van der Waals surface area contributed by atoms with Crippen LogP contribution < -0.4 is 4.74 Å². The molecular weight excluding hydrogens is 366 g/mol. The van der Waals surface area contributed by atoms with Crippen molar-refractivity contribution in [3.8, 4) is 5.75 Å². The average molecular weight is 381 g/mol. The van der Waals surface area contributed by atoms with Crippen molar-refractivity contribution in [2.45, 2.75) is 29.9 Å². The lowest BCUT2D eigenvalue weighted by Crippen LogP contribution is -2.01. The van der Waals surface area contributed by atoms with E-state index in [1.807, 2.05) is 0 Å². The zero-order chi connectivity index (χ0) is 13.7. The van der Waals surface area contributed by atoms with Crippen molar-refractivity contribution in [3.63, 3.8) is 0 Å². The van der Waals surface area contributed by atoms with Gasteiger partial charge in [0.2, 0.25) is 0 Å². The minimum atomic E-state index is -0.351. The van der Waals surface area contributed by atoms with Gasteiger partial charge in [-0.2, -0.15) is 0 Å². The number of nitrogens with zero attached hydrogens (tertiary/aromatic N) is 1. The van der Waals surface area contributed by atoms with E-state index in [0.717, 1.165) is 30.6 Å². The van der Waals surface area contributed by atoms with E-state index in [-0.39, 0.29) is 14.3 Å². The highest BCUT2D eigenvalue weighted by molar-refractivity contribution is 9.24. The van der Waals surface area contributed by atoms with Gasteiger partial charge >= 0.3 is 0 Å². The molecule has 0 saturated heterocycles. The standard InChI is InChI=1S/C12H15Br2NO3/c1-8-9(4-3-5-12(13)14)11(18-2)7-6-10(8)15(16)17/h6-7,12H,3-5H2,1-2H3. The second kappa shape index (κ2) is 7.09. The number of halogens is 2. The monoisotopic (exact) mass is 379 g/mol. The Morgan fingerprint density at radius 2 is 2.11 bits per heavy atom. The van der Waals surface area contributed by atoms with Crippen molar-refractivity contribution in [3.05, 3.63) is 33.4 Å². The predicted octanol–water partition coefficient (Wildman–Crippen LogP) is 4.35. The Kier molecular flexibility index (Phi) is 6.08. The Hall–Kier alpha value is -0.620. The van der Waals surface area contributed by atoms with E-state index < -0.39 is 0 Å². The molecule has 0 radical (unpaired) electrons. The van der Waals surface area contributed by atoms with Crippen LogP contribution in [0.2, 0.25) is 0 Å². The second-order valence-electron chi connectivity index (χ2n) is 3.93. The molecule has 0 aromatic heterocycles. The second-order valence-corrected chi connectivity index (χ2v) is 7.37. The minimum absolute atomic E-state index is 0.153. The lowest BCUT2D eigenvalue weighted by Gasteiger charge is -2.12. The number of alkyl halides is 2. The summed E-state index contributed by atoms with van der Waals surface area (Å²) >= 11 is 6.83. The van der Waals surface area contributed by atoms with Gasteiger partial charge in [-0.3, -0.25) is 10.1 Å². The molecule has 1 aromatic carbocycles. The molecule has 0 atom stereocenters. The smallest absolute Gasteiger partial charge is 0.272 e. The summed E-state index contributed by atoms with van der Waals surface area (Å²) in [6.07, 6.45) is 2.65. The van der Waals surface area contributed by atoms with Gasteiger partial charge in [0.1, 0.15) is 5.75 Å². The number of hydrogen-bond donors (Lipinski definition) is 0. The molecule has 0 spiro atoms. The number of nitro benzene ring substituents is 1. The summed E-state index contributed by atoms with van der Waals surface area (Å²) < 4.78 is 5.55. The van der Waals surface area contributed by atoms with Crippen LogP contribution in [0.15, 0.2) is 12.1 Å². The van der Waals surface area contributed by atoms with E-state index in [1.54, 1.807) is 20.1 Å². The van der Waals surface area contributed by atoms with Gasteiger partial charge in [-0.05, 0) is 32.3 Å². The van der Waals surface area contributed by atoms with Crippen molar-refractivity contribution in [1.29, 1.82) is 0 Å². The highest BCUT2D eigenvalue weighted by atomic mass is 79.9. The Labute approximate surface area is 123 Å². The summed E-state index contributed by atoms with van der Waals surface area (Å²) in [5.74, 6) is 0.721. The summed E-state index contributed by atoms with van der Waals surface area (Å²) in [5, 5.41) is 10.9. The summed E-state index contributed by atoms with van der Waals surface area (Å²) in [4.78, 5) is 10.6. The van der Waals surface area contributed by atoms with Crippen LogP contribution in [0.25, 0.3) is 0 Å². The lowest BCUT2D eigenvalue weighted by atomic mass is 10.0. The van der Waals surface area contributed by atoms with Crippen LogP contribution in [0, 0.1) is 17.0 Å². The van der Waals surface area contributed by atoms with Crippen molar-refractivity contribution >= 4 is 37.5 Å². The average Bonchev–Trinajstić information content (AvgIpc) is 2.30. The molecule has 18 heavy (non-hydrogen) atoms. The molecule has 0 saturated carbocycles. The largest absolute Gasteiger partial charge is 0.496 e. The quantitative estimate of drug-likeness (QED) is 0.418. The molecule has 0 unspecified atom stereocenters. The van der Waals surface area contributed by atoms with Gasteiger partial charge in [0, 0.05) is 17.2 Å². The van der Waals surface area contributed by atoms with Crippen LogP contribution in [-0.2, 0) is 6.42 Å². The molecule has 6 heteroatoms. The van der Waals surface area contributed by atoms with E-state index in [4.69, 9.17) is 4.74 Å². The first-order chi connectivity index (χ1) is 8.47. The first kappa shape index (κ1) is 15.4. The molecular formula is C12H15Br2NO3. The molecule has 100 valence electrons. The van der Waals surface area contributed by atoms with Crippen LogP contribution in [0.5, 0.6) is 5.75 Å². The summed E-state index contributed by atoms with van der Waals surface area (Å²) in [6, 6.07) is 3.16. The van der Waals surface area contributed by atoms with Gasteiger partial charge in [-0.25, -0.2) is 0 Å². The maximum absolute atomic E-state index is 10.9. The highest BCUT2D eigenvalue weighted by Gasteiger charge is 2.17. The van der Waals surface area contributed by atoms with E-state index in [2.05, 4.69) is 31.9 Å². The van der Waals surface area contributed by atoms with E-state index in [0.29, 0.717) is 5.56 Å². The molecule has 0 bridgehead atoms. The fourth-order valence-corrected chi connectivity index (χ4v) is 2.50. The normalized spacial score (nSPS) is 10.7. The fraction of sp³-hybridized carbons (Fsp3) is 0.500. The molecule has 1 aromatic rings. The molecule has 0 aliphatic carbocycles. The Morgan fingerprint density at radius 1 is 1.44 bits per heavy atom. The first-order valence-corrected chi connectivity index (χ1v) is 7.39. The Balaban J connectivity index is 2.98. The third-order valence-electron chi connectivity index (χ3n) is 2.79. The van der Waals surface area contributed by atoms with Gasteiger partial charge in [0.15, 0.2) is 0 Å². The number of benzene rings is 1. The summed E-state index contributed by atoms with van der Waals surface area (Å²) in [7, 11) is 1.59. The maximum Gasteiger partial charge on any atom is 0.272 e. The summed E-state index contributed by atoms with van der Waals surface area (Å²) in [5.41, 5.74) is 1.77. The van der Waals surface area contributed by atoms with Gasteiger partial charge in [-0.15, -0.1) is 0 Å². The van der Waals surface area contributed by atoms with Crippen molar-refractivity contribution in [2.75, 3.05) is 7.11 Å². The topological polar surface area (TPSA) is 52.4 Å². The molecule has 0 aliphatic heterocycles. The number of ether oxygens (including phenoxy) is 1. The van der Waals surface area contributed by atoms with Gasteiger partial charge in [0.25, 0.3) is 5.69 Å². The van der Waals surface area contributed by atoms with Gasteiger partial charge < -0.3 is 4.74 Å². The number of nitro groups is 1. The van der Waals surface area contributed by atoms with E-state index in [1.165, 1.54) is 6.07 Å². The Morgan fingerprint density at radius 3 is 2.61 bits per heavy atom. The van der Waals surface area contributed by atoms with Crippen LogP contribution in [0.3, 0.4) is 0 Å². The van der Waals surface area contributed by atoms with Crippen LogP contribution >= 0.6 is 31.9 Å².